The third kappa shape index (κ3) is 1.98. The molecule has 1 unspecified atom stereocenters. The summed E-state index contributed by atoms with van der Waals surface area (Å²) in [4.78, 5) is 0. The molecule has 2 nitrogen and oxygen atoms in total. The number of aliphatic hydroxyl groups is 1. The third-order valence-corrected chi connectivity index (χ3v) is 3.26. The maximum atomic E-state index is 13.0. The van der Waals surface area contributed by atoms with Crippen LogP contribution in [0.25, 0.3) is 0 Å². The highest BCUT2D eigenvalue weighted by Crippen LogP contribution is 2.55. The molecule has 0 heterocycles. The second-order valence-corrected chi connectivity index (χ2v) is 4.71. The lowest BCUT2D eigenvalue weighted by Crippen LogP contribution is -2.44. The minimum absolute atomic E-state index is 0.0962. The quantitative estimate of drug-likeness (QED) is 0.807. The average molecular weight is 266 g/mol. The summed E-state index contributed by atoms with van der Waals surface area (Å²) < 4.78 is 39.1. The molecule has 1 atom stereocenters. The summed E-state index contributed by atoms with van der Waals surface area (Å²) in [6.45, 7) is 0. The summed E-state index contributed by atoms with van der Waals surface area (Å²) in [7, 11) is 0. The molecule has 0 amide bonds. The fourth-order valence-electron chi connectivity index (χ4n) is 1.96. The van der Waals surface area contributed by atoms with Gasteiger partial charge in [0.25, 0.3) is 0 Å². The summed E-state index contributed by atoms with van der Waals surface area (Å²) in [5.74, 6) is -0.830. The van der Waals surface area contributed by atoms with Crippen LogP contribution in [-0.2, 0) is 5.60 Å². The Bertz CT molecular complexity index is 445. The summed E-state index contributed by atoms with van der Waals surface area (Å²) in [5, 5.41) is 10.1. The summed E-state index contributed by atoms with van der Waals surface area (Å²) in [6.07, 6.45) is -4.09. The van der Waals surface area contributed by atoms with Gasteiger partial charge in [-0.05, 0) is 31.0 Å². The first-order valence-electron chi connectivity index (χ1n) is 5.11. The Morgan fingerprint density at radius 2 is 1.88 bits per heavy atom. The van der Waals surface area contributed by atoms with E-state index >= 15 is 0 Å². The van der Waals surface area contributed by atoms with E-state index in [1.165, 1.54) is 12.1 Å². The molecule has 0 bridgehead atoms. The second-order valence-electron chi connectivity index (χ2n) is 4.27. The van der Waals surface area contributed by atoms with Gasteiger partial charge in [0.2, 0.25) is 0 Å². The van der Waals surface area contributed by atoms with E-state index in [2.05, 4.69) is 0 Å². The van der Waals surface area contributed by atoms with Gasteiger partial charge < -0.3 is 10.8 Å². The van der Waals surface area contributed by atoms with Crippen molar-refractivity contribution in [3.05, 3.63) is 28.8 Å². The number of alkyl halides is 3. The van der Waals surface area contributed by atoms with E-state index in [1.807, 2.05) is 0 Å². The Balaban J connectivity index is 2.57. The number of nitrogens with two attached hydrogens (primary N) is 1. The minimum atomic E-state index is -4.76. The first-order valence-corrected chi connectivity index (χ1v) is 5.49. The van der Waals surface area contributed by atoms with Crippen molar-refractivity contribution >= 4 is 17.3 Å². The molecule has 3 N–H and O–H groups in total. The number of nitrogen functional groups attached to an aromatic ring is 1. The lowest BCUT2D eigenvalue weighted by Gasteiger charge is -2.32. The molecule has 0 aliphatic heterocycles. The van der Waals surface area contributed by atoms with E-state index in [0.717, 1.165) is 6.07 Å². The van der Waals surface area contributed by atoms with Gasteiger partial charge >= 0.3 is 6.18 Å². The maximum absolute atomic E-state index is 13.0. The van der Waals surface area contributed by atoms with Gasteiger partial charge in [-0.3, -0.25) is 0 Å². The van der Waals surface area contributed by atoms with E-state index in [4.69, 9.17) is 17.3 Å². The lowest BCUT2D eigenvalue weighted by atomic mass is 9.87. The minimum Gasteiger partial charge on any atom is -0.398 e. The Labute approximate surface area is 101 Å². The fraction of sp³-hybridized carbons (Fsp3) is 0.455. The van der Waals surface area contributed by atoms with Crippen LogP contribution in [0.5, 0.6) is 0 Å². The van der Waals surface area contributed by atoms with Crippen molar-refractivity contribution in [3.8, 4) is 0 Å². The zero-order valence-corrected chi connectivity index (χ0v) is 9.52. The monoisotopic (exact) mass is 265 g/mol. The molecule has 17 heavy (non-hydrogen) atoms. The summed E-state index contributed by atoms with van der Waals surface area (Å²) in [5.41, 5.74) is 2.19. The number of anilines is 1. The second kappa shape index (κ2) is 3.78. The highest BCUT2D eigenvalue weighted by molar-refractivity contribution is 6.30. The van der Waals surface area contributed by atoms with Crippen molar-refractivity contribution in [1.82, 2.24) is 0 Å². The molecular weight excluding hydrogens is 255 g/mol. The predicted molar refractivity (Wildman–Crippen MR) is 58.5 cm³/mol. The van der Waals surface area contributed by atoms with Crippen LogP contribution in [0, 0.1) is 5.92 Å². The van der Waals surface area contributed by atoms with Crippen LogP contribution in [-0.4, -0.2) is 11.3 Å². The first-order chi connectivity index (χ1) is 7.76. The highest BCUT2D eigenvalue weighted by Gasteiger charge is 2.63. The molecule has 1 aliphatic rings. The topological polar surface area (TPSA) is 46.2 Å². The number of hydrogen-bond donors (Lipinski definition) is 2. The first kappa shape index (κ1) is 12.5. The molecule has 0 saturated heterocycles. The largest absolute Gasteiger partial charge is 0.421 e. The molecule has 0 aromatic heterocycles. The molecule has 1 aliphatic carbocycles. The molecular formula is C11H11ClF3NO. The van der Waals surface area contributed by atoms with Gasteiger partial charge in [0.1, 0.15) is 0 Å². The molecule has 0 spiro atoms. The van der Waals surface area contributed by atoms with E-state index in [9.17, 15) is 18.3 Å². The Morgan fingerprint density at radius 1 is 1.29 bits per heavy atom. The van der Waals surface area contributed by atoms with Crippen molar-refractivity contribution in [1.29, 1.82) is 0 Å². The van der Waals surface area contributed by atoms with Gasteiger partial charge in [0.05, 0.1) is 0 Å². The van der Waals surface area contributed by atoms with Gasteiger partial charge in [-0.1, -0.05) is 11.6 Å². The van der Waals surface area contributed by atoms with Gasteiger partial charge in [0, 0.05) is 22.2 Å². The SMILES string of the molecule is Nc1ccc(Cl)cc1C(O)(C1CC1)C(F)(F)F. The maximum Gasteiger partial charge on any atom is 0.421 e. The zero-order chi connectivity index (χ0) is 12.8. The normalized spacial score (nSPS) is 20.1. The molecule has 1 saturated carbocycles. The predicted octanol–water partition coefficient (Wildman–Crippen LogP) is 3.08. The van der Waals surface area contributed by atoms with Crippen LogP contribution in [0.1, 0.15) is 18.4 Å². The van der Waals surface area contributed by atoms with Gasteiger partial charge in [-0.25, -0.2) is 0 Å². The number of benzene rings is 1. The molecule has 6 heteroatoms. The molecule has 2 rings (SSSR count). The molecule has 0 radical (unpaired) electrons. The smallest absolute Gasteiger partial charge is 0.398 e. The van der Waals surface area contributed by atoms with Crippen LogP contribution in [0.4, 0.5) is 18.9 Å². The van der Waals surface area contributed by atoms with Crippen LogP contribution in [0.3, 0.4) is 0 Å². The third-order valence-electron chi connectivity index (χ3n) is 3.03. The standard InChI is InChI=1S/C11H11ClF3NO/c12-7-3-4-9(16)8(5-7)10(17,6-1-2-6)11(13,14)15/h3-6,17H,1-2,16H2. The van der Waals surface area contributed by atoms with Crippen LogP contribution >= 0.6 is 11.6 Å². The molecule has 94 valence electrons. The molecule has 1 fully saturated rings. The Morgan fingerprint density at radius 3 is 2.35 bits per heavy atom. The lowest BCUT2D eigenvalue weighted by molar-refractivity contribution is -0.275. The van der Waals surface area contributed by atoms with Crippen molar-refractivity contribution in [2.45, 2.75) is 24.6 Å². The summed E-state index contributed by atoms with van der Waals surface area (Å²) >= 11 is 5.66. The number of halogens is 4. The van der Waals surface area contributed by atoms with E-state index < -0.39 is 17.7 Å². The van der Waals surface area contributed by atoms with E-state index in [1.54, 1.807) is 0 Å². The number of rotatable bonds is 2. The Kier molecular flexibility index (Phi) is 2.78. The molecule has 1 aromatic rings. The van der Waals surface area contributed by atoms with Crippen LogP contribution in [0.2, 0.25) is 5.02 Å². The highest BCUT2D eigenvalue weighted by atomic mass is 35.5. The van der Waals surface area contributed by atoms with Gasteiger partial charge in [0.15, 0.2) is 5.60 Å². The van der Waals surface area contributed by atoms with Crippen molar-refractivity contribution in [3.63, 3.8) is 0 Å². The van der Waals surface area contributed by atoms with Crippen molar-refractivity contribution in [2.24, 2.45) is 5.92 Å². The van der Waals surface area contributed by atoms with Crippen LogP contribution < -0.4 is 5.73 Å². The Hall–Kier alpha value is -0.940. The average Bonchev–Trinajstić information content (AvgIpc) is 3.02. The zero-order valence-electron chi connectivity index (χ0n) is 8.76. The van der Waals surface area contributed by atoms with Gasteiger partial charge in [-0.2, -0.15) is 13.2 Å². The van der Waals surface area contributed by atoms with Crippen molar-refractivity contribution < 1.29 is 18.3 Å². The fourth-order valence-corrected chi connectivity index (χ4v) is 2.14. The van der Waals surface area contributed by atoms with Gasteiger partial charge in [-0.15, -0.1) is 0 Å². The van der Waals surface area contributed by atoms with E-state index in [0.29, 0.717) is 12.8 Å². The van der Waals surface area contributed by atoms with E-state index in [-0.39, 0.29) is 16.3 Å². The van der Waals surface area contributed by atoms with Crippen molar-refractivity contribution in [2.75, 3.05) is 5.73 Å². The van der Waals surface area contributed by atoms with Crippen LogP contribution in [0.15, 0.2) is 18.2 Å². The molecule has 1 aromatic carbocycles. The number of hydrogen-bond acceptors (Lipinski definition) is 2. The summed E-state index contributed by atoms with van der Waals surface area (Å²) in [6, 6.07) is 3.75.